The Balaban J connectivity index is 0.00000841. The summed E-state index contributed by atoms with van der Waals surface area (Å²) in [5.41, 5.74) is 11.0. The molecule has 1 fully saturated rings. The van der Waals surface area contributed by atoms with Gasteiger partial charge in [0.05, 0.1) is 0 Å². The van der Waals surface area contributed by atoms with Crippen molar-refractivity contribution in [2.24, 2.45) is 17.6 Å². The lowest BCUT2D eigenvalue weighted by Gasteiger charge is -2.27. The molecule has 2 atom stereocenters. The molecule has 9 nitrogen and oxygen atoms in total. The highest BCUT2D eigenvalue weighted by Gasteiger charge is 2.27. The highest BCUT2D eigenvalue weighted by Crippen LogP contribution is 2.27. The lowest BCUT2D eigenvalue weighted by Crippen LogP contribution is -2.55. The summed E-state index contributed by atoms with van der Waals surface area (Å²) in [5, 5.41) is 14.4. The average molecular weight is 450 g/mol. The van der Waals surface area contributed by atoms with Crippen molar-refractivity contribution in [3.63, 3.8) is 0 Å². The molecule has 0 radical (unpaired) electrons. The smallest absolute Gasteiger partial charge is 0.326 e. The first-order valence-corrected chi connectivity index (χ1v) is 10.9. The van der Waals surface area contributed by atoms with Crippen molar-refractivity contribution in [3.05, 3.63) is 0 Å². The first-order chi connectivity index (χ1) is 13.8. The summed E-state index contributed by atoms with van der Waals surface area (Å²) in [6.45, 7) is 5.20. The molecule has 0 unspecified atom stereocenters. The summed E-state index contributed by atoms with van der Waals surface area (Å²) in [6.07, 6.45) is 7.77. The van der Waals surface area contributed by atoms with Crippen molar-refractivity contribution in [1.82, 2.24) is 21.5 Å². The number of rotatable bonds is 13. The molecule has 1 aliphatic rings. The topological polar surface area (TPSA) is 146 Å². The van der Waals surface area contributed by atoms with Gasteiger partial charge in [-0.05, 0) is 44.1 Å². The van der Waals surface area contributed by atoms with Crippen molar-refractivity contribution in [2.75, 3.05) is 13.1 Å². The van der Waals surface area contributed by atoms with E-state index >= 15 is 0 Å². The lowest BCUT2D eigenvalue weighted by atomic mass is 9.84. The fraction of sp³-hybridized carbons (Fsp3) is 0.850. The van der Waals surface area contributed by atoms with Crippen molar-refractivity contribution >= 4 is 30.3 Å². The summed E-state index contributed by atoms with van der Waals surface area (Å²) in [4.78, 5) is 36.4. The van der Waals surface area contributed by atoms with Crippen LogP contribution in [0.15, 0.2) is 0 Å². The van der Waals surface area contributed by atoms with Gasteiger partial charge in [0.1, 0.15) is 12.1 Å². The van der Waals surface area contributed by atoms with Gasteiger partial charge in [-0.1, -0.05) is 46.0 Å². The van der Waals surface area contributed by atoms with Gasteiger partial charge >= 0.3 is 12.0 Å². The van der Waals surface area contributed by atoms with Gasteiger partial charge in [0.2, 0.25) is 0 Å². The molecule has 0 saturated heterocycles. The summed E-state index contributed by atoms with van der Waals surface area (Å²) < 4.78 is 0. The Morgan fingerprint density at radius 2 is 1.67 bits per heavy atom. The van der Waals surface area contributed by atoms with E-state index in [0.717, 1.165) is 32.1 Å². The van der Waals surface area contributed by atoms with Crippen LogP contribution in [-0.4, -0.2) is 48.2 Å². The van der Waals surface area contributed by atoms with E-state index in [9.17, 15) is 19.5 Å². The van der Waals surface area contributed by atoms with Crippen molar-refractivity contribution < 1.29 is 19.5 Å². The molecule has 0 bridgehead atoms. The quantitative estimate of drug-likeness (QED) is 0.187. The summed E-state index contributed by atoms with van der Waals surface area (Å²) in [5.74, 6) is -0.522. The molecule has 10 heteroatoms. The molecule has 3 amide bonds. The average Bonchev–Trinajstić information content (AvgIpc) is 2.68. The van der Waals surface area contributed by atoms with E-state index in [1.165, 1.54) is 6.42 Å². The number of amides is 3. The van der Waals surface area contributed by atoms with Crippen molar-refractivity contribution in [3.8, 4) is 0 Å². The number of nitrogens with one attached hydrogen (secondary N) is 4. The Morgan fingerprint density at radius 1 is 1.03 bits per heavy atom. The Labute approximate surface area is 186 Å². The van der Waals surface area contributed by atoms with E-state index in [1.807, 2.05) is 0 Å². The summed E-state index contributed by atoms with van der Waals surface area (Å²) in [6, 6.07) is -2.39. The molecule has 0 aromatic heterocycles. The molecule has 176 valence electrons. The van der Waals surface area contributed by atoms with E-state index in [4.69, 9.17) is 5.73 Å². The number of halogens is 1. The number of urea groups is 1. The summed E-state index contributed by atoms with van der Waals surface area (Å²) in [7, 11) is 0. The first kappa shape index (κ1) is 28.4. The minimum absolute atomic E-state index is 0. The van der Waals surface area contributed by atoms with Gasteiger partial charge in [0, 0.05) is 6.54 Å². The third kappa shape index (κ3) is 12.2. The number of carboxylic acids is 1. The highest BCUT2D eigenvalue weighted by molar-refractivity contribution is 5.88. The second-order valence-corrected chi connectivity index (χ2v) is 8.33. The molecular weight excluding hydrogens is 410 g/mol. The van der Waals surface area contributed by atoms with Gasteiger partial charge in [-0.3, -0.25) is 10.2 Å². The molecular formula is C20H40ClN5O4. The molecule has 30 heavy (non-hydrogen) atoms. The third-order valence-electron chi connectivity index (χ3n) is 5.27. The standard InChI is InChI=1S/C20H39N5O4.ClH/c1-14(2)10-12-22-25-18(26)17(13-15-7-4-3-5-8-15)24-20(29)23-16(19(27)28)9-6-11-21;/h14-17,22H,3-13,21H2,1-2H3,(H,25,26)(H,27,28)(H2,23,24,29);1H/t16-,17+;/m0./s1. The first-order valence-electron chi connectivity index (χ1n) is 10.9. The molecule has 0 aromatic rings. The van der Waals surface area contributed by atoms with Crippen LogP contribution in [0.4, 0.5) is 4.79 Å². The maximum Gasteiger partial charge on any atom is 0.326 e. The monoisotopic (exact) mass is 449 g/mol. The SMILES string of the molecule is CC(C)CCNNC(=O)[C@@H](CC1CCCCC1)NC(=O)N[C@@H](CCCN)C(=O)O.Cl. The Hall–Kier alpha value is -1.58. The van der Waals surface area contributed by atoms with Crippen LogP contribution in [0.1, 0.15) is 71.6 Å². The van der Waals surface area contributed by atoms with E-state index in [2.05, 4.69) is 35.3 Å². The molecule has 0 aromatic carbocycles. The molecule has 0 heterocycles. The van der Waals surface area contributed by atoms with Crippen LogP contribution in [0.5, 0.6) is 0 Å². The van der Waals surface area contributed by atoms with Gasteiger partial charge in [0.15, 0.2) is 0 Å². The van der Waals surface area contributed by atoms with Gasteiger partial charge in [-0.25, -0.2) is 15.0 Å². The van der Waals surface area contributed by atoms with Gasteiger partial charge in [-0.2, -0.15) is 0 Å². The number of hydrazine groups is 1. The number of aliphatic carboxylic acids is 1. The van der Waals surface area contributed by atoms with Crippen LogP contribution in [0.3, 0.4) is 0 Å². The van der Waals surface area contributed by atoms with Crippen molar-refractivity contribution in [2.45, 2.75) is 83.7 Å². The predicted molar refractivity (Wildman–Crippen MR) is 119 cm³/mol. The fourth-order valence-corrected chi connectivity index (χ4v) is 3.52. The van der Waals surface area contributed by atoms with Crippen LogP contribution >= 0.6 is 12.4 Å². The lowest BCUT2D eigenvalue weighted by molar-refractivity contribution is -0.139. The Kier molecular flexibility index (Phi) is 15.3. The van der Waals surface area contributed by atoms with E-state index in [0.29, 0.717) is 37.8 Å². The maximum atomic E-state index is 12.6. The largest absolute Gasteiger partial charge is 0.480 e. The summed E-state index contributed by atoms with van der Waals surface area (Å²) >= 11 is 0. The van der Waals surface area contributed by atoms with Crippen molar-refractivity contribution in [1.29, 1.82) is 0 Å². The number of carboxylic acid groups (broad SMARTS) is 1. The molecule has 0 aliphatic heterocycles. The molecule has 0 spiro atoms. The zero-order valence-electron chi connectivity index (χ0n) is 18.2. The number of carbonyl (C=O) groups is 3. The molecule has 7 N–H and O–H groups in total. The van der Waals surface area contributed by atoms with Crippen LogP contribution < -0.4 is 27.2 Å². The van der Waals surface area contributed by atoms with Crippen LogP contribution in [0, 0.1) is 11.8 Å². The van der Waals surface area contributed by atoms with Gasteiger partial charge in [0.25, 0.3) is 5.91 Å². The Morgan fingerprint density at radius 3 is 2.23 bits per heavy atom. The number of nitrogens with two attached hydrogens (primary N) is 1. The Bertz CT molecular complexity index is 515. The molecule has 1 rings (SSSR count). The zero-order chi connectivity index (χ0) is 21.6. The third-order valence-corrected chi connectivity index (χ3v) is 5.27. The van der Waals surface area contributed by atoms with E-state index in [-0.39, 0.29) is 24.7 Å². The molecule has 1 aliphatic carbocycles. The maximum absolute atomic E-state index is 12.6. The van der Waals surface area contributed by atoms with E-state index in [1.54, 1.807) is 0 Å². The minimum atomic E-state index is -1.11. The van der Waals surface area contributed by atoms with Crippen LogP contribution in [-0.2, 0) is 9.59 Å². The number of hydrogen-bond donors (Lipinski definition) is 6. The zero-order valence-corrected chi connectivity index (χ0v) is 19.1. The minimum Gasteiger partial charge on any atom is -0.480 e. The second-order valence-electron chi connectivity index (χ2n) is 8.33. The highest BCUT2D eigenvalue weighted by atomic mass is 35.5. The second kappa shape index (κ2) is 16.2. The number of hydrogen-bond acceptors (Lipinski definition) is 5. The van der Waals surface area contributed by atoms with E-state index < -0.39 is 24.1 Å². The molecule has 1 saturated carbocycles. The van der Waals surface area contributed by atoms with Gasteiger partial charge in [-0.15, -0.1) is 12.4 Å². The normalized spacial score (nSPS) is 16.3. The predicted octanol–water partition coefficient (Wildman–Crippen LogP) is 1.91. The fourth-order valence-electron chi connectivity index (χ4n) is 3.52. The number of carbonyl (C=O) groups excluding carboxylic acids is 2. The van der Waals surface area contributed by atoms with Crippen LogP contribution in [0.2, 0.25) is 0 Å². The van der Waals surface area contributed by atoms with Crippen LogP contribution in [0.25, 0.3) is 0 Å². The van der Waals surface area contributed by atoms with Gasteiger partial charge < -0.3 is 21.5 Å².